The van der Waals surface area contributed by atoms with Gasteiger partial charge < -0.3 is 10.4 Å². The molecule has 1 amide bonds. The minimum Gasteiger partial charge on any atom is -0.478 e. The molecular weight excluding hydrogens is 421 g/mol. The number of fused-ring (bicyclic) bond motifs is 1. The Bertz CT molecular complexity index is 1210. The van der Waals surface area contributed by atoms with Gasteiger partial charge in [-0.3, -0.25) is 4.79 Å². The molecule has 0 aliphatic carbocycles. The Labute approximate surface area is 171 Å². The number of halogens is 2. The van der Waals surface area contributed by atoms with Crippen molar-refractivity contribution in [1.82, 2.24) is 0 Å². The van der Waals surface area contributed by atoms with Gasteiger partial charge in [-0.1, -0.05) is 41.9 Å². The minimum atomic E-state index is -1.18. The predicted molar refractivity (Wildman–Crippen MR) is 111 cm³/mol. The van der Waals surface area contributed by atoms with Crippen molar-refractivity contribution in [2.24, 2.45) is 0 Å². The first-order valence-corrected chi connectivity index (χ1v) is 10.1. The molecule has 2 aromatic heterocycles. The van der Waals surface area contributed by atoms with Crippen molar-refractivity contribution in [3.8, 4) is 11.1 Å². The fourth-order valence-electron chi connectivity index (χ4n) is 2.82. The lowest BCUT2D eigenvalue weighted by atomic mass is 10.0. The third kappa shape index (κ3) is 3.28. The number of amides is 1. The lowest BCUT2D eigenvalue weighted by Crippen LogP contribution is -2.13. The van der Waals surface area contributed by atoms with Crippen molar-refractivity contribution < 1.29 is 19.1 Å². The fourth-order valence-corrected chi connectivity index (χ4v) is 4.88. The van der Waals surface area contributed by atoms with E-state index >= 15 is 0 Å². The molecule has 0 radical (unpaired) electrons. The van der Waals surface area contributed by atoms with E-state index < -0.39 is 17.7 Å². The van der Waals surface area contributed by atoms with Gasteiger partial charge >= 0.3 is 5.97 Å². The first-order valence-electron chi connectivity index (χ1n) is 8.05. The van der Waals surface area contributed by atoms with E-state index in [2.05, 4.69) is 5.32 Å². The van der Waals surface area contributed by atoms with E-state index in [9.17, 15) is 19.1 Å². The Morgan fingerprint density at radius 1 is 1.07 bits per heavy atom. The Hall–Kier alpha value is -2.74. The van der Waals surface area contributed by atoms with Gasteiger partial charge in [0.15, 0.2) is 5.82 Å². The molecule has 0 atom stereocenters. The zero-order valence-corrected chi connectivity index (χ0v) is 16.4. The first kappa shape index (κ1) is 18.6. The summed E-state index contributed by atoms with van der Waals surface area (Å²) in [5.74, 6) is -2.46. The number of anilines is 1. The van der Waals surface area contributed by atoms with Crippen LogP contribution in [0, 0.1) is 5.82 Å². The van der Waals surface area contributed by atoms with Crippen molar-refractivity contribution in [3.63, 3.8) is 0 Å². The van der Waals surface area contributed by atoms with Gasteiger partial charge in [-0.25, -0.2) is 9.18 Å². The van der Waals surface area contributed by atoms with Gasteiger partial charge in [0.25, 0.3) is 5.91 Å². The molecule has 2 aromatic carbocycles. The van der Waals surface area contributed by atoms with Crippen molar-refractivity contribution >= 4 is 61.2 Å². The number of nitrogens with one attached hydrogen (secondary N) is 1. The van der Waals surface area contributed by atoms with Crippen LogP contribution in [-0.4, -0.2) is 17.0 Å². The highest BCUT2D eigenvalue weighted by Gasteiger charge is 2.24. The first-order chi connectivity index (χ1) is 13.5. The maximum atomic E-state index is 14.6. The molecule has 2 heterocycles. The third-order valence-corrected chi connectivity index (χ3v) is 6.42. The zero-order chi connectivity index (χ0) is 19.8. The summed E-state index contributed by atoms with van der Waals surface area (Å²) in [6, 6.07) is 13.5. The van der Waals surface area contributed by atoms with Crippen LogP contribution in [0.1, 0.15) is 20.0 Å². The van der Waals surface area contributed by atoms with E-state index in [1.807, 2.05) is 0 Å². The minimum absolute atomic E-state index is 0.0396. The summed E-state index contributed by atoms with van der Waals surface area (Å²) in [6.07, 6.45) is 0. The molecule has 140 valence electrons. The monoisotopic (exact) mass is 431 g/mol. The van der Waals surface area contributed by atoms with Crippen LogP contribution in [0.2, 0.25) is 5.02 Å². The van der Waals surface area contributed by atoms with Gasteiger partial charge in [0, 0.05) is 26.1 Å². The van der Waals surface area contributed by atoms with E-state index in [4.69, 9.17) is 11.6 Å². The van der Waals surface area contributed by atoms with Crippen LogP contribution in [0.3, 0.4) is 0 Å². The van der Waals surface area contributed by atoms with Crippen LogP contribution in [0.5, 0.6) is 0 Å². The summed E-state index contributed by atoms with van der Waals surface area (Å²) in [7, 11) is 0. The van der Waals surface area contributed by atoms with Crippen molar-refractivity contribution in [3.05, 3.63) is 75.2 Å². The lowest BCUT2D eigenvalue weighted by Gasteiger charge is -2.05. The summed E-state index contributed by atoms with van der Waals surface area (Å²) >= 11 is 7.99. The molecule has 0 spiro atoms. The second kappa shape index (κ2) is 7.35. The van der Waals surface area contributed by atoms with Crippen LogP contribution in [0.25, 0.3) is 21.2 Å². The number of benzene rings is 2. The number of carbonyl (C=O) groups excluding carboxylic acids is 1. The van der Waals surface area contributed by atoms with Crippen molar-refractivity contribution in [1.29, 1.82) is 0 Å². The normalized spacial score (nSPS) is 10.9. The predicted octanol–water partition coefficient (Wildman–Crippen LogP) is 6.37. The number of carboxylic acid groups (broad SMARTS) is 1. The molecule has 0 saturated heterocycles. The summed E-state index contributed by atoms with van der Waals surface area (Å²) in [4.78, 5) is 24.4. The van der Waals surface area contributed by atoms with Gasteiger partial charge in [-0.2, -0.15) is 0 Å². The van der Waals surface area contributed by atoms with Gasteiger partial charge in [0.1, 0.15) is 15.4 Å². The van der Waals surface area contributed by atoms with E-state index in [1.165, 1.54) is 0 Å². The molecular formula is C20H11ClFNO3S2. The maximum Gasteiger partial charge on any atom is 0.339 e. The summed E-state index contributed by atoms with van der Waals surface area (Å²) in [6.45, 7) is 0. The molecule has 4 aromatic rings. The molecule has 0 bridgehead atoms. The quantitative estimate of drug-likeness (QED) is 0.394. The number of carbonyl (C=O) groups is 2. The third-order valence-electron chi connectivity index (χ3n) is 4.13. The highest BCUT2D eigenvalue weighted by atomic mass is 35.5. The summed E-state index contributed by atoms with van der Waals surface area (Å²) in [5.41, 5.74) is 1.08. The average molecular weight is 432 g/mol. The topological polar surface area (TPSA) is 66.4 Å². The number of hydrogen-bond acceptors (Lipinski definition) is 4. The van der Waals surface area contributed by atoms with Gasteiger partial charge in [0.2, 0.25) is 0 Å². The second-order valence-corrected chi connectivity index (χ2v) is 8.23. The lowest BCUT2D eigenvalue weighted by molar-refractivity contribution is 0.0699. The Morgan fingerprint density at radius 3 is 2.46 bits per heavy atom. The molecule has 0 fully saturated rings. The Kier molecular flexibility index (Phi) is 4.89. The number of hydrogen-bond donors (Lipinski definition) is 2. The Morgan fingerprint density at radius 2 is 1.79 bits per heavy atom. The SMILES string of the molecule is O=C(Nc1scc(-c2ccc(Cl)cc2)c1C(=O)O)c1sc2ccccc2c1F. The van der Waals surface area contributed by atoms with Crippen LogP contribution >= 0.6 is 34.3 Å². The second-order valence-electron chi connectivity index (χ2n) is 5.86. The molecule has 0 unspecified atom stereocenters. The van der Waals surface area contributed by atoms with E-state index in [0.717, 1.165) is 22.7 Å². The van der Waals surface area contributed by atoms with Crippen LogP contribution in [0.15, 0.2) is 53.9 Å². The molecule has 4 nitrogen and oxygen atoms in total. The van der Waals surface area contributed by atoms with Gasteiger partial charge in [0.05, 0.1) is 0 Å². The van der Waals surface area contributed by atoms with Crippen LogP contribution < -0.4 is 5.32 Å². The standard InChI is InChI=1S/C20H11ClFNO3S2/c21-11-7-5-10(6-8-11)13-9-27-19(15(13)20(25)26)23-18(24)17-16(22)12-3-1-2-4-14(12)28-17/h1-9H,(H,23,24)(H,25,26). The molecule has 4 rings (SSSR count). The highest BCUT2D eigenvalue weighted by Crippen LogP contribution is 2.37. The number of aromatic carboxylic acids is 1. The smallest absolute Gasteiger partial charge is 0.339 e. The maximum absolute atomic E-state index is 14.6. The molecule has 0 saturated carbocycles. The number of rotatable bonds is 4. The summed E-state index contributed by atoms with van der Waals surface area (Å²) < 4.78 is 15.2. The molecule has 8 heteroatoms. The molecule has 0 aliphatic rings. The van der Waals surface area contributed by atoms with Gasteiger partial charge in [-0.05, 0) is 23.8 Å². The largest absolute Gasteiger partial charge is 0.478 e. The highest BCUT2D eigenvalue weighted by molar-refractivity contribution is 7.21. The number of thiophene rings is 2. The molecule has 0 aliphatic heterocycles. The summed E-state index contributed by atoms with van der Waals surface area (Å²) in [5, 5.41) is 14.9. The average Bonchev–Trinajstić information content (AvgIpc) is 3.24. The van der Waals surface area contributed by atoms with Crippen molar-refractivity contribution in [2.75, 3.05) is 5.32 Å². The fraction of sp³-hybridized carbons (Fsp3) is 0. The van der Waals surface area contributed by atoms with E-state index in [0.29, 0.717) is 26.2 Å². The zero-order valence-electron chi connectivity index (χ0n) is 14.0. The van der Waals surface area contributed by atoms with Gasteiger partial charge in [-0.15, -0.1) is 22.7 Å². The molecule has 2 N–H and O–H groups in total. The Balaban J connectivity index is 1.71. The van der Waals surface area contributed by atoms with E-state index in [1.54, 1.807) is 53.9 Å². The van der Waals surface area contributed by atoms with E-state index in [-0.39, 0.29) is 15.4 Å². The van der Waals surface area contributed by atoms with Crippen LogP contribution in [0.4, 0.5) is 9.39 Å². The number of carboxylic acids is 1. The van der Waals surface area contributed by atoms with Crippen molar-refractivity contribution in [2.45, 2.75) is 0 Å². The molecule has 28 heavy (non-hydrogen) atoms. The van der Waals surface area contributed by atoms with Crippen LogP contribution in [-0.2, 0) is 0 Å².